The summed E-state index contributed by atoms with van der Waals surface area (Å²) >= 11 is 0. The average molecular weight is 341 g/mol. The predicted octanol–water partition coefficient (Wildman–Crippen LogP) is 5.38. The zero-order valence-corrected chi connectivity index (χ0v) is 14.5. The molecule has 4 aromatic rings. The maximum atomic E-state index is 12.1. The lowest BCUT2D eigenvalue weighted by atomic mass is 9.98. The van der Waals surface area contributed by atoms with Crippen molar-refractivity contribution in [1.82, 2.24) is 0 Å². The number of aryl methyl sites for hydroxylation is 1. The SMILES string of the molecule is Cc1ccccc1-c1cc(=O)oc2cc(NCc3ccccc3)ccc12. The summed E-state index contributed by atoms with van der Waals surface area (Å²) in [7, 11) is 0. The van der Waals surface area contributed by atoms with Crippen LogP contribution in [0.2, 0.25) is 0 Å². The Hall–Kier alpha value is -3.33. The molecule has 0 aliphatic heterocycles. The van der Waals surface area contributed by atoms with Gasteiger partial charge in [0.15, 0.2) is 0 Å². The van der Waals surface area contributed by atoms with Gasteiger partial charge in [-0.05, 0) is 35.7 Å². The summed E-state index contributed by atoms with van der Waals surface area (Å²) in [5, 5.41) is 4.32. The summed E-state index contributed by atoms with van der Waals surface area (Å²) in [6, 6.07) is 25.7. The van der Waals surface area contributed by atoms with Crippen LogP contribution in [0.4, 0.5) is 5.69 Å². The Labute approximate surface area is 151 Å². The van der Waals surface area contributed by atoms with E-state index in [0.29, 0.717) is 12.1 Å². The van der Waals surface area contributed by atoms with Crippen LogP contribution >= 0.6 is 0 Å². The first kappa shape index (κ1) is 16.2. The van der Waals surface area contributed by atoms with E-state index in [2.05, 4.69) is 17.4 Å². The van der Waals surface area contributed by atoms with Crippen LogP contribution in [0.5, 0.6) is 0 Å². The Balaban J connectivity index is 1.73. The van der Waals surface area contributed by atoms with Gasteiger partial charge in [0.2, 0.25) is 0 Å². The van der Waals surface area contributed by atoms with Gasteiger partial charge in [0.05, 0.1) is 0 Å². The van der Waals surface area contributed by atoms with Crippen molar-refractivity contribution < 1.29 is 4.42 Å². The molecule has 128 valence electrons. The maximum Gasteiger partial charge on any atom is 0.336 e. The monoisotopic (exact) mass is 341 g/mol. The largest absolute Gasteiger partial charge is 0.423 e. The van der Waals surface area contributed by atoms with Crippen LogP contribution in [0.1, 0.15) is 11.1 Å². The molecular formula is C23H19NO2. The third-order valence-corrected chi connectivity index (χ3v) is 4.52. The van der Waals surface area contributed by atoms with Gasteiger partial charge >= 0.3 is 5.63 Å². The van der Waals surface area contributed by atoms with Crippen LogP contribution in [0, 0.1) is 6.92 Å². The Morgan fingerprint density at radius 3 is 2.42 bits per heavy atom. The van der Waals surface area contributed by atoms with Gasteiger partial charge in [-0.1, -0.05) is 54.6 Å². The molecule has 3 nitrogen and oxygen atoms in total. The van der Waals surface area contributed by atoms with Crippen molar-refractivity contribution in [3.63, 3.8) is 0 Å². The Bertz CT molecular complexity index is 1110. The highest BCUT2D eigenvalue weighted by atomic mass is 16.4. The van der Waals surface area contributed by atoms with Gasteiger partial charge in [-0.3, -0.25) is 0 Å². The van der Waals surface area contributed by atoms with Crippen molar-refractivity contribution >= 4 is 16.7 Å². The number of anilines is 1. The van der Waals surface area contributed by atoms with Crippen molar-refractivity contribution in [1.29, 1.82) is 0 Å². The quantitative estimate of drug-likeness (QED) is 0.507. The van der Waals surface area contributed by atoms with Crippen LogP contribution in [0.15, 0.2) is 88.1 Å². The number of hydrogen-bond donors (Lipinski definition) is 1. The molecule has 0 aliphatic rings. The molecule has 3 aromatic carbocycles. The van der Waals surface area contributed by atoms with E-state index in [1.165, 1.54) is 5.56 Å². The third kappa shape index (κ3) is 3.24. The maximum absolute atomic E-state index is 12.1. The topological polar surface area (TPSA) is 42.2 Å². The summed E-state index contributed by atoms with van der Waals surface area (Å²) in [5.74, 6) is 0. The second kappa shape index (κ2) is 6.89. The highest BCUT2D eigenvalue weighted by Gasteiger charge is 2.10. The number of rotatable bonds is 4. The van der Waals surface area contributed by atoms with Crippen LogP contribution in [0.3, 0.4) is 0 Å². The summed E-state index contributed by atoms with van der Waals surface area (Å²) in [5.41, 5.74) is 5.46. The Morgan fingerprint density at radius 1 is 0.846 bits per heavy atom. The average Bonchev–Trinajstić information content (AvgIpc) is 2.67. The van der Waals surface area contributed by atoms with Gasteiger partial charge in [0.1, 0.15) is 5.58 Å². The molecule has 0 spiro atoms. The number of fused-ring (bicyclic) bond motifs is 1. The van der Waals surface area contributed by atoms with E-state index in [1.54, 1.807) is 6.07 Å². The molecule has 1 N–H and O–H groups in total. The molecule has 0 saturated carbocycles. The highest BCUT2D eigenvalue weighted by Crippen LogP contribution is 2.31. The fourth-order valence-corrected chi connectivity index (χ4v) is 3.17. The van der Waals surface area contributed by atoms with Gasteiger partial charge in [-0.2, -0.15) is 0 Å². The number of nitrogens with one attached hydrogen (secondary N) is 1. The molecule has 0 fully saturated rings. The van der Waals surface area contributed by atoms with E-state index >= 15 is 0 Å². The first-order chi connectivity index (χ1) is 12.7. The highest BCUT2D eigenvalue weighted by molar-refractivity contribution is 5.95. The normalized spacial score (nSPS) is 10.8. The van der Waals surface area contributed by atoms with Crippen molar-refractivity contribution in [2.45, 2.75) is 13.5 Å². The first-order valence-corrected chi connectivity index (χ1v) is 8.62. The summed E-state index contributed by atoms with van der Waals surface area (Å²) < 4.78 is 5.46. The van der Waals surface area contributed by atoms with Crippen LogP contribution in [0.25, 0.3) is 22.1 Å². The standard InChI is InChI=1S/C23H19NO2/c1-16-7-5-6-10-19(16)21-14-23(25)26-22-13-18(11-12-20(21)22)24-15-17-8-3-2-4-9-17/h2-14,24H,15H2,1H3. The molecule has 0 aliphatic carbocycles. The minimum atomic E-state index is -0.337. The molecule has 0 saturated heterocycles. The molecule has 1 heterocycles. The smallest absolute Gasteiger partial charge is 0.336 e. The van der Waals surface area contributed by atoms with Crippen LogP contribution in [-0.4, -0.2) is 0 Å². The molecule has 4 rings (SSSR count). The first-order valence-electron chi connectivity index (χ1n) is 8.62. The molecule has 26 heavy (non-hydrogen) atoms. The molecule has 0 unspecified atom stereocenters. The van der Waals surface area contributed by atoms with Crippen molar-refractivity contribution in [3.05, 3.63) is 100 Å². The Kier molecular flexibility index (Phi) is 4.28. The minimum Gasteiger partial charge on any atom is -0.423 e. The lowest BCUT2D eigenvalue weighted by Crippen LogP contribution is -2.01. The van der Waals surface area contributed by atoms with E-state index in [4.69, 9.17) is 4.42 Å². The van der Waals surface area contributed by atoms with Crippen LogP contribution < -0.4 is 10.9 Å². The number of benzene rings is 3. The van der Waals surface area contributed by atoms with Gasteiger partial charge < -0.3 is 9.73 Å². The van der Waals surface area contributed by atoms with Gasteiger partial charge in [-0.25, -0.2) is 4.79 Å². The van der Waals surface area contributed by atoms with E-state index in [0.717, 1.165) is 27.8 Å². The van der Waals surface area contributed by atoms with Crippen molar-refractivity contribution in [3.8, 4) is 11.1 Å². The molecule has 0 amide bonds. The van der Waals surface area contributed by atoms with E-state index in [-0.39, 0.29) is 5.63 Å². The number of hydrogen-bond acceptors (Lipinski definition) is 3. The van der Waals surface area contributed by atoms with E-state index in [1.807, 2.05) is 67.6 Å². The third-order valence-electron chi connectivity index (χ3n) is 4.52. The predicted molar refractivity (Wildman–Crippen MR) is 106 cm³/mol. The molecule has 0 bridgehead atoms. The molecule has 1 aromatic heterocycles. The fourth-order valence-electron chi connectivity index (χ4n) is 3.17. The van der Waals surface area contributed by atoms with Crippen molar-refractivity contribution in [2.24, 2.45) is 0 Å². The minimum absolute atomic E-state index is 0.337. The lowest BCUT2D eigenvalue weighted by Gasteiger charge is -2.11. The molecule has 0 radical (unpaired) electrons. The fraction of sp³-hybridized carbons (Fsp3) is 0.0870. The summed E-state index contributed by atoms with van der Waals surface area (Å²) in [4.78, 5) is 12.1. The second-order valence-corrected chi connectivity index (χ2v) is 6.34. The lowest BCUT2D eigenvalue weighted by molar-refractivity contribution is 0.561. The van der Waals surface area contributed by atoms with Gasteiger partial charge in [0, 0.05) is 35.3 Å². The Morgan fingerprint density at radius 2 is 1.62 bits per heavy atom. The molecule has 3 heteroatoms. The van der Waals surface area contributed by atoms with E-state index < -0.39 is 0 Å². The van der Waals surface area contributed by atoms with E-state index in [9.17, 15) is 4.79 Å². The zero-order chi connectivity index (χ0) is 17.9. The zero-order valence-electron chi connectivity index (χ0n) is 14.5. The molecular weight excluding hydrogens is 322 g/mol. The summed E-state index contributed by atoms with van der Waals surface area (Å²) in [6.45, 7) is 2.76. The van der Waals surface area contributed by atoms with Gasteiger partial charge in [0.25, 0.3) is 0 Å². The summed E-state index contributed by atoms with van der Waals surface area (Å²) in [6.07, 6.45) is 0. The molecule has 0 atom stereocenters. The van der Waals surface area contributed by atoms with Crippen molar-refractivity contribution in [2.75, 3.05) is 5.32 Å². The second-order valence-electron chi connectivity index (χ2n) is 6.34. The van der Waals surface area contributed by atoms with Crippen LogP contribution in [-0.2, 0) is 6.54 Å². The van der Waals surface area contributed by atoms with Gasteiger partial charge in [-0.15, -0.1) is 0 Å².